The van der Waals surface area contributed by atoms with E-state index in [2.05, 4.69) is 26.1 Å². The molecule has 7 heteroatoms. The first-order valence-corrected chi connectivity index (χ1v) is 9.54. The van der Waals surface area contributed by atoms with E-state index in [1.165, 1.54) is 43.5 Å². The van der Waals surface area contributed by atoms with Crippen LogP contribution in [-0.4, -0.2) is 41.3 Å². The molecule has 26 heavy (non-hydrogen) atoms. The molecule has 3 heterocycles. The SMILES string of the molecule is O=c1[nH]ncc(N2Cc3cccc(OCCN4CCCCC4)c3C2)c1Cl. The van der Waals surface area contributed by atoms with Crippen LogP contribution in [0.4, 0.5) is 5.69 Å². The maximum atomic E-state index is 11.7. The van der Waals surface area contributed by atoms with Crippen LogP contribution in [0.25, 0.3) is 0 Å². The van der Waals surface area contributed by atoms with Gasteiger partial charge in [-0.3, -0.25) is 9.69 Å². The number of aromatic amines is 1. The number of fused-ring (bicyclic) bond motifs is 1. The Kier molecular flexibility index (Phi) is 5.13. The van der Waals surface area contributed by atoms with Crippen LogP contribution in [0.15, 0.2) is 29.2 Å². The van der Waals surface area contributed by atoms with Gasteiger partial charge in [0.2, 0.25) is 0 Å². The number of hydrogen-bond donors (Lipinski definition) is 1. The number of rotatable bonds is 5. The second-order valence-corrected chi connectivity index (χ2v) is 7.28. The van der Waals surface area contributed by atoms with Gasteiger partial charge in [-0.2, -0.15) is 5.10 Å². The number of nitrogens with zero attached hydrogens (tertiary/aromatic N) is 3. The molecule has 2 aliphatic rings. The first-order chi connectivity index (χ1) is 12.7. The molecule has 6 nitrogen and oxygen atoms in total. The largest absolute Gasteiger partial charge is 0.492 e. The average molecular weight is 375 g/mol. The fourth-order valence-corrected chi connectivity index (χ4v) is 3.97. The highest BCUT2D eigenvalue weighted by atomic mass is 35.5. The lowest BCUT2D eigenvalue weighted by molar-refractivity contribution is 0.183. The molecule has 1 aromatic heterocycles. The van der Waals surface area contributed by atoms with Gasteiger partial charge in [0.25, 0.3) is 5.56 Å². The molecule has 0 saturated carbocycles. The third-order valence-electron chi connectivity index (χ3n) is 5.17. The van der Waals surface area contributed by atoms with Gasteiger partial charge in [-0.1, -0.05) is 30.2 Å². The predicted octanol–water partition coefficient (Wildman–Crippen LogP) is 2.81. The summed E-state index contributed by atoms with van der Waals surface area (Å²) in [5.74, 6) is 0.927. The minimum Gasteiger partial charge on any atom is -0.492 e. The number of benzene rings is 1. The monoisotopic (exact) mass is 374 g/mol. The van der Waals surface area contributed by atoms with E-state index in [4.69, 9.17) is 16.3 Å². The number of likely N-dealkylation sites (tertiary alicyclic amines) is 1. The number of halogens is 1. The van der Waals surface area contributed by atoms with E-state index in [9.17, 15) is 4.79 Å². The molecule has 4 rings (SSSR count). The Bertz CT molecular complexity index is 833. The molecule has 2 aromatic rings. The topological polar surface area (TPSA) is 61.5 Å². The summed E-state index contributed by atoms with van der Waals surface area (Å²) < 4.78 is 6.10. The number of ether oxygens (including phenoxy) is 1. The van der Waals surface area contributed by atoms with Crippen LogP contribution in [0.1, 0.15) is 30.4 Å². The predicted molar refractivity (Wildman–Crippen MR) is 102 cm³/mol. The van der Waals surface area contributed by atoms with Crippen molar-refractivity contribution < 1.29 is 4.74 Å². The van der Waals surface area contributed by atoms with Gasteiger partial charge in [0, 0.05) is 25.2 Å². The Morgan fingerprint density at radius 3 is 2.88 bits per heavy atom. The summed E-state index contributed by atoms with van der Waals surface area (Å²) in [7, 11) is 0. The fraction of sp³-hybridized carbons (Fsp3) is 0.474. The summed E-state index contributed by atoms with van der Waals surface area (Å²) in [6, 6.07) is 6.15. The Labute approximate surface area is 157 Å². The molecule has 0 unspecified atom stereocenters. The third-order valence-corrected chi connectivity index (χ3v) is 5.54. The number of nitrogens with one attached hydrogen (secondary N) is 1. The zero-order chi connectivity index (χ0) is 17.9. The van der Waals surface area contributed by atoms with Crippen molar-refractivity contribution in [2.75, 3.05) is 31.1 Å². The molecule has 1 saturated heterocycles. The third kappa shape index (κ3) is 3.57. The number of aromatic nitrogens is 2. The van der Waals surface area contributed by atoms with Crippen LogP contribution in [0.2, 0.25) is 5.02 Å². The molecule has 2 aliphatic heterocycles. The number of hydrogen-bond acceptors (Lipinski definition) is 5. The molecule has 1 fully saturated rings. The van der Waals surface area contributed by atoms with Crippen LogP contribution in [0, 0.1) is 0 Å². The normalized spacial score (nSPS) is 17.3. The molecule has 0 aliphatic carbocycles. The van der Waals surface area contributed by atoms with Crippen LogP contribution < -0.4 is 15.2 Å². The zero-order valence-electron chi connectivity index (χ0n) is 14.7. The molecule has 1 N–H and O–H groups in total. The fourth-order valence-electron chi connectivity index (χ4n) is 3.76. The van der Waals surface area contributed by atoms with Gasteiger partial charge in [0.1, 0.15) is 17.4 Å². The van der Waals surface area contributed by atoms with Crippen molar-refractivity contribution in [3.63, 3.8) is 0 Å². The highest BCUT2D eigenvalue weighted by molar-refractivity contribution is 6.33. The summed E-state index contributed by atoms with van der Waals surface area (Å²) in [4.78, 5) is 16.3. The van der Waals surface area contributed by atoms with Gasteiger partial charge in [-0.25, -0.2) is 5.10 Å². The number of piperidine rings is 1. The Balaban J connectivity index is 1.44. The lowest BCUT2D eigenvalue weighted by Crippen LogP contribution is -2.33. The van der Waals surface area contributed by atoms with Crippen molar-refractivity contribution >= 4 is 17.3 Å². The van der Waals surface area contributed by atoms with E-state index >= 15 is 0 Å². The Morgan fingerprint density at radius 1 is 1.19 bits per heavy atom. The molecule has 1 aromatic carbocycles. The number of anilines is 1. The average Bonchev–Trinajstić information content (AvgIpc) is 3.10. The van der Waals surface area contributed by atoms with E-state index in [-0.39, 0.29) is 10.6 Å². The standard InChI is InChI=1S/C19H23ClN4O2/c20-18-16(11-21-22-19(18)25)24-12-14-5-4-6-17(15(14)13-24)26-10-9-23-7-2-1-3-8-23/h4-6,11H,1-3,7-10,12-13H2,(H,22,25). The maximum Gasteiger partial charge on any atom is 0.285 e. The molecule has 138 valence electrons. The van der Waals surface area contributed by atoms with E-state index in [0.717, 1.165) is 12.3 Å². The first-order valence-electron chi connectivity index (χ1n) is 9.16. The van der Waals surface area contributed by atoms with Gasteiger partial charge >= 0.3 is 0 Å². The zero-order valence-corrected chi connectivity index (χ0v) is 15.5. The molecule has 0 radical (unpaired) electrons. The van der Waals surface area contributed by atoms with E-state index in [1.807, 2.05) is 12.1 Å². The van der Waals surface area contributed by atoms with Gasteiger partial charge in [0.15, 0.2) is 0 Å². The second kappa shape index (κ2) is 7.68. The van der Waals surface area contributed by atoms with Crippen molar-refractivity contribution in [1.82, 2.24) is 15.1 Å². The molecule has 0 amide bonds. The maximum absolute atomic E-state index is 11.7. The first kappa shape index (κ1) is 17.4. The van der Waals surface area contributed by atoms with Crippen LogP contribution in [0.3, 0.4) is 0 Å². The van der Waals surface area contributed by atoms with Crippen molar-refractivity contribution in [1.29, 1.82) is 0 Å². The summed E-state index contributed by atoms with van der Waals surface area (Å²) in [6.45, 7) is 5.39. The quantitative estimate of drug-likeness (QED) is 0.872. The van der Waals surface area contributed by atoms with E-state index in [0.29, 0.717) is 25.4 Å². The van der Waals surface area contributed by atoms with Crippen molar-refractivity contribution in [2.24, 2.45) is 0 Å². The van der Waals surface area contributed by atoms with Gasteiger partial charge in [0.05, 0.1) is 11.9 Å². The van der Waals surface area contributed by atoms with Crippen LogP contribution in [0.5, 0.6) is 5.75 Å². The molecule has 0 atom stereocenters. The summed E-state index contributed by atoms with van der Waals surface area (Å²) >= 11 is 6.16. The smallest absolute Gasteiger partial charge is 0.285 e. The molecular weight excluding hydrogens is 352 g/mol. The second-order valence-electron chi connectivity index (χ2n) is 6.90. The minimum absolute atomic E-state index is 0.181. The minimum atomic E-state index is -0.363. The Hall–Kier alpha value is -2.05. The van der Waals surface area contributed by atoms with Crippen LogP contribution >= 0.6 is 11.6 Å². The summed E-state index contributed by atoms with van der Waals surface area (Å²) in [5, 5.41) is 6.42. The van der Waals surface area contributed by atoms with Gasteiger partial charge in [-0.05, 0) is 37.6 Å². The van der Waals surface area contributed by atoms with E-state index < -0.39 is 0 Å². The van der Waals surface area contributed by atoms with Gasteiger partial charge < -0.3 is 9.64 Å². The lowest BCUT2D eigenvalue weighted by atomic mass is 10.1. The highest BCUT2D eigenvalue weighted by Gasteiger charge is 2.25. The summed E-state index contributed by atoms with van der Waals surface area (Å²) in [5.41, 5.74) is 2.67. The Morgan fingerprint density at radius 2 is 2.04 bits per heavy atom. The lowest BCUT2D eigenvalue weighted by Gasteiger charge is -2.26. The molecule has 0 spiro atoms. The number of H-pyrrole nitrogens is 1. The van der Waals surface area contributed by atoms with Crippen molar-refractivity contribution in [2.45, 2.75) is 32.4 Å². The molecule has 0 bridgehead atoms. The van der Waals surface area contributed by atoms with Crippen LogP contribution in [-0.2, 0) is 13.1 Å². The van der Waals surface area contributed by atoms with E-state index in [1.54, 1.807) is 6.20 Å². The molecular formula is C19H23ClN4O2. The summed E-state index contributed by atoms with van der Waals surface area (Å²) in [6.07, 6.45) is 5.53. The van der Waals surface area contributed by atoms with Gasteiger partial charge in [-0.15, -0.1) is 0 Å². The van der Waals surface area contributed by atoms with Crippen molar-refractivity contribution in [3.05, 3.63) is 50.9 Å². The van der Waals surface area contributed by atoms with Crippen molar-refractivity contribution in [3.8, 4) is 5.75 Å². The highest BCUT2D eigenvalue weighted by Crippen LogP contribution is 2.35.